The molecule has 0 radical (unpaired) electrons. The van der Waals surface area contributed by atoms with E-state index in [4.69, 9.17) is 28.6 Å². The number of carbonyl (C=O) groups is 1. The summed E-state index contributed by atoms with van der Waals surface area (Å²) in [5, 5.41) is 7.85. The number of benzene rings is 1. The molecule has 0 unspecified atom stereocenters. The summed E-state index contributed by atoms with van der Waals surface area (Å²) in [5.74, 6) is -0.703. The molecule has 1 aromatic heterocycles. The normalized spacial score (nSPS) is 11.6. The van der Waals surface area contributed by atoms with Crippen LogP contribution >= 0.6 is 23.8 Å². The van der Waals surface area contributed by atoms with Gasteiger partial charge in [0.15, 0.2) is 10.8 Å². The van der Waals surface area contributed by atoms with E-state index in [9.17, 15) is 9.59 Å². The van der Waals surface area contributed by atoms with Crippen molar-refractivity contribution in [2.75, 3.05) is 13.7 Å². The highest BCUT2D eigenvalue weighted by molar-refractivity contribution is 7.80. The topological polar surface area (TPSA) is 97.3 Å². The van der Waals surface area contributed by atoms with Gasteiger partial charge in [0, 0.05) is 29.9 Å². The first-order chi connectivity index (χ1) is 12.8. The van der Waals surface area contributed by atoms with Gasteiger partial charge in [-0.2, -0.15) is 5.10 Å². The van der Waals surface area contributed by atoms with Crippen molar-refractivity contribution in [1.82, 2.24) is 25.9 Å². The molecule has 1 amide bonds. The molecule has 27 heavy (non-hydrogen) atoms. The number of ether oxygens (including phenoxy) is 1. The van der Waals surface area contributed by atoms with E-state index in [1.165, 1.54) is 10.7 Å². The van der Waals surface area contributed by atoms with E-state index >= 15 is 0 Å². The third kappa shape index (κ3) is 5.75. The minimum Gasteiger partial charge on any atom is -0.383 e. The lowest BCUT2D eigenvalue weighted by atomic mass is 10.3. The highest BCUT2D eigenvalue weighted by Gasteiger charge is 2.16. The molecule has 1 atom stereocenters. The van der Waals surface area contributed by atoms with Crippen LogP contribution < -0.4 is 21.6 Å². The second kappa shape index (κ2) is 9.45. The average molecular weight is 410 g/mol. The molecule has 3 N–H and O–H groups in total. The Labute approximate surface area is 166 Å². The molecule has 0 aliphatic carbocycles. The Balaban J connectivity index is 2.14. The number of hydrogen-bond acceptors (Lipinski definition) is 5. The predicted molar refractivity (Wildman–Crippen MR) is 107 cm³/mol. The first-order valence-electron chi connectivity index (χ1n) is 8.04. The lowest BCUT2D eigenvalue weighted by Gasteiger charge is -2.16. The third-order valence-electron chi connectivity index (χ3n) is 3.48. The average Bonchev–Trinajstić information content (AvgIpc) is 2.61. The number of aromatic nitrogens is 2. The number of aryl methyl sites for hydroxylation is 1. The molecule has 2 rings (SSSR count). The van der Waals surface area contributed by atoms with Crippen LogP contribution in [0.15, 0.2) is 35.1 Å². The van der Waals surface area contributed by atoms with E-state index in [0.717, 1.165) is 0 Å². The van der Waals surface area contributed by atoms with E-state index in [2.05, 4.69) is 21.3 Å². The molecule has 144 valence electrons. The van der Waals surface area contributed by atoms with Gasteiger partial charge in [0.1, 0.15) is 0 Å². The van der Waals surface area contributed by atoms with Crippen LogP contribution in [0.2, 0.25) is 5.02 Å². The molecule has 1 aromatic carbocycles. The van der Waals surface area contributed by atoms with Crippen LogP contribution in [0, 0.1) is 6.92 Å². The van der Waals surface area contributed by atoms with E-state index in [1.807, 2.05) is 6.92 Å². The van der Waals surface area contributed by atoms with Crippen molar-refractivity contribution in [2.24, 2.45) is 0 Å². The zero-order chi connectivity index (χ0) is 20.0. The first-order valence-corrected chi connectivity index (χ1v) is 8.83. The van der Waals surface area contributed by atoms with Crippen molar-refractivity contribution in [3.05, 3.63) is 57.0 Å². The SMILES string of the molecule is COC[C@@H](C)NC(=S)NNC(=O)c1nn(-c2ccc(Cl)cc2)c(C)cc1=O. The summed E-state index contributed by atoms with van der Waals surface area (Å²) in [7, 11) is 1.57. The quantitative estimate of drug-likeness (QED) is 0.506. The van der Waals surface area contributed by atoms with Crippen molar-refractivity contribution >= 4 is 34.8 Å². The molecule has 0 aliphatic rings. The summed E-state index contributed by atoms with van der Waals surface area (Å²) in [6.07, 6.45) is 0. The summed E-state index contributed by atoms with van der Waals surface area (Å²) in [6, 6.07) is 8.16. The Morgan fingerprint density at radius 2 is 2.00 bits per heavy atom. The van der Waals surface area contributed by atoms with Gasteiger partial charge < -0.3 is 10.1 Å². The minimum atomic E-state index is -0.703. The van der Waals surface area contributed by atoms with Gasteiger partial charge in [-0.25, -0.2) is 4.68 Å². The van der Waals surface area contributed by atoms with Gasteiger partial charge in [0.25, 0.3) is 5.91 Å². The minimum absolute atomic E-state index is 0.0495. The molecule has 10 heteroatoms. The summed E-state index contributed by atoms with van der Waals surface area (Å²) >= 11 is 11.0. The van der Waals surface area contributed by atoms with Crippen molar-refractivity contribution in [2.45, 2.75) is 19.9 Å². The van der Waals surface area contributed by atoms with Gasteiger partial charge in [0.05, 0.1) is 12.3 Å². The largest absolute Gasteiger partial charge is 0.383 e. The van der Waals surface area contributed by atoms with Crippen LogP contribution in [-0.4, -0.2) is 40.6 Å². The highest BCUT2D eigenvalue weighted by atomic mass is 35.5. The Kier molecular flexibility index (Phi) is 7.28. The van der Waals surface area contributed by atoms with Crippen LogP contribution in [-0.2, 0) is 4.74 Å². The Morgan fingerprint density at radius 3 is 2.63 bits per heavy atom. The van der Waals surface area contributed by atoms with Crippen LogP contribution in [0.5, 0.6) is 0 Å². The smallest absolute Gasteiger partial charge is 0.294 e. The van der Waals surface area contributed by atoms with Crippen molar-refractivity contribution in [3.63, 3.8) is 0 Å². The lowest BCUT2D eigenvalue weighted by molar-refractivity contribution is 0.0935. The third-order valence-corrected chi connectivity index (χ3v) is 3.95. The summed E-state index contributed by atoms with van der Waals surface area (Å²) in [6.45, 7) is 4.03. The fourth-order valence-corrected chi connectivity index (χ4v) is 2.65. The fourth-order valence-electron chi connectivity index (χ4n) is 2.27. The Hall–Kier alpha value is -2.49. The van der Waals surface area contributed by atoms with Gasteiger partial charge in [-0.15, -0.1) is 0 Å². The number of rotatable bonds is 5. The Bertz CT molecular complexity index is 885. The standard InChI is InChI=1S/C17H20ClN5O3S/c1-10(9-26-3)19-17(27)21-20-16(25)15-14(24)8-11(2)23(22-15)13-6-4-12(18)5-7-13/h4-8,10H,9H2,1-3H3,(H,20,25)(H2,19,21,27)/t10-/m1/s1. The zero-order valence-electron chi connectivity index (χ0n) is 15.1. The number of halogens is 1. The highest BCUT2D eigenvalue weighted by Crippen LogP contribution is 2.13. The Morgan fingerprint density at radius 1 is 1.33 bits per heavy atom. The van der Waals surface area contributed by atoms with E-state index in [1.54, 1.807) is 38.3 Å². The molecule has 1 heterocycles. The molecule has 0 saturated carbocycles. The summed E-state index contributed by atoms with van der Waals surface area (Å²) in [4.78, 5) is 24.5. The lowest BCUT2D eigenvalue weighted by Crippen LogP contribution is -2.50. The monoisotopic (exact) mass is 409 g/mol. The molecule has 0 bridgehead atoms. The maximum absolute atomic E-state index is 12.3. The number of amides is 1. The number of thiocarbonyl (C=S) groups is 1. The molecule has 0 saturated heterocycles. The molecule has 0 fully saturated rings. The summed E-state index contributed by atoms with van der Waals surface area (Å²) in [5.41, 5.74) is 5.39. The molecule has 0 aliphatic heterocycles. The molecule has 8 nitrogen and oxygen atoms in total. The molecular formula is C17H20ClN5O3S. The van der Waals surface area contributed by atoms with Crippen molar-refractivity contribution < 1.29 is 9.53 Å². The van der Waals surface area contributed by atoms with E-state index in [0.29, 0.717) is 23.0 Å². The van der Waals surface area contributed by atoms with Crippen LogP contribution in [0.1, 0.15) is 23.1 Å². The zero-order valence-corrected chi connectivity index (χ0v) is 16.6. The molecule has 2 aromatic rings. The van der Waals surface area contributed by atoms with Gasteiger partial charge >= 0.3 is 0 Å². The van der Waals surface area contributed by atoms with Crippen molar-refractivity contribution in [3.8, 4) is 5.69 Å². The molecular weight excluding hydrogens is 390 g/mol. The second-order valence-corrected chi connectivity index (χ2v) is 6.64. The van der Waals surface area contributed by atoms with Gasteiger partial charge in [-0.3, -0.25) is 20.4 Å². The van der Waals surface area contributed by atoms with Crippen molar-refractivity contribution in [1.29, 1.82) is 0 Å². The van der Waals surface area contributed by atoms with Crippen LogP contribution in [0.25, 0.3) is 5.69 Å². The van der Waals surface area contributed by atoms with Crippen LogP contribution in [0.3, 0.4) is 0 Å². The van der Waals surface area contributed by atoms with Gasteiger partial charge in [-0.05, 0) is 50.3 Å². The predicted octanol–water partition coefficient (Wildman–Crippen LogP) is 1.34. The number of carbonyl (C=O) groups excluding carboxylic acids is 1. The number of methoxy groups -OCH3 is 1. The van der Waals surface area contributed by atoms with Gasteiger partial charge in [0.2, 0.25) is 5.43 Å². The number of nitrogens with one attached hydrogen (secondary N) is 3. The fraction of sp³-hybridized carbons (Fsp3) is 0.294. The first kappa shape index (κ1) is 20.8. The summed E-state index contributed by atoms with van der Waals surface area (Å²) < 4.78 is 6.48. The van der Waals surface area contributed by atoms with Crippen LogP contribution in [0.4, 0.5) is 0 Å². The van der Waals surface area contributed by atoms with Gasteiger partial charge in [-0.1, -0.05) is 11.6 Å². The molecule has 0 spiro atoms. The number of hydrazine groups is 1. The maximum atomic E-state index is 12.3. The van der Waals surface area contributed by atoms with E-state index < -0.39 is 11.3 Å². The number of hydrogen-bond donors (Lipinski definition) is 3. The number of nitrogens with zero attached hydrogens (tertiary/aromatic N) is 2. The second-order valence-electron chi connectivity index (χ2n) is 5.80. The van der Waals surface area contributed by atoms with E-state index in [-0.39, 0.29) is 16.8 Å². The maximum Gasteiger partial charge on any atom is 0.294 e.